The number of carbonyl (C=O) groups is 2. The number of aromatic nitrogens is 4. The molecule has 0 aliphatic heterocycles. The van der Waals surface area contributed by atoms with Gasteiger partial charge >= 0.3 is 11.7 Å². The van der Waals surface area contributed by atoms with Gasteiger partial charge in [0.15, 0.2) is 10.9 Å². The molecule has 0 fully saturated rings. The molecule has 3 aromatic rings. The van der Waals surface area contributed by atoms with Gasteiger partial charge in [0, 0.05) is 20.6 Å². The number of hydrogen-bond acceptors (Lipinski definition) is 8. The van der Waals surface area contributed by atoms with Gasteiger partial charge in [-0.3, -0.25) is 18.7 Å². The number of hydrogen-bond donors (Lipinski definition) is 1. The van der Waals surface area contributed by atoms with Gasteiger partial charge in [0.25, 0.3) is 5.56 Å². The van der Waals surface area contributed by atoms with Crippen molar-refractivity contribution >= 4 is 40.4 Å². The lowest BCUT2D eigenvalue weighted by atomic mass is 10.1. The highest BCUT2D eigenvalue weighted by Crippen LogP contribution is 2.29. The second-order valence-electron chi connectivity index (χ2n) is 7.15. The fourth-order valence-electron chi connectivity index (χ4n) is 3.35. The summed E-state index contributed by atoms with van der Waals surface area (Å²) in [5.74, 6) is -1.09. The van der Waals surface area contributed by atoms with Crippen molar-refractivity contribution in [3.05, 3.63) is 50.2 Å². The Balaban J connectivity index is 1.99. The van der Waals surface area contributed by atoms with Crippen LogP contribution in [0.25, 0.3) is 11.0 Å². The Labute approximate surface area is 188 Å². The zero-order valence-corrected chi connectivity index (χ0v) is 19.4. The van der Waals surface area contributed by atoms with Gasteiger partial charge in [0.05, 0.1) is 28.5 Å². The molecule has 0 radical (unpaired) electrons. The van der Waals surface area contributed by atoms with Crippen molar-refractivity contribution in [2.45, 2.75) is 37.7 Å². The third-order valence-corrected chi connectivity index (χ3v) is 6.24. The molecule has 170 valence electrons. The minimum atomic E-state index is -0.730. The van der Waals surface area contributed by atoms with Crippen molar-refractivity contribution in [3.8, 4) is 0 Å². The van der Waals surface area contributed by atoms with E-state index >= 15 is 0 Å². The van der Waals surface area contributed by atoms with Crippen molar-refractivity contribution in [1.82, 2.24) is 18.7 Å². The van der Waals surface area contributed by atoms with Gasteiger partial charge in [-0.15, -0.1) is 0 Å². The van der Waals surface area contributed by atoms with Gasteiger partial charge in [-0.05, 0) is 39.0 Å². The third-order valence-electron chi connectivity index (χ3n) is 5.15. The monoisotopic (exact) mass is 459 g/mol. The molecular weight excluding hydrogens is 434 g/mol. The number of ketones is 1. The Kier molecular flexibility index (Phi) is 6.58. The van der Waals surface area contributed by atoms with Gasteiger partial charge in [0.2, 0.25) is 0 Å². The molecule has 1 aromatic carbocycles. The van der Waals surface area contributed by atoms with E-state index in [1.807, 2.05) is 11.5 Å². The van der Waals surface area contributed by atoms with Crippen molar-refractivity contribution in [1.29, 1.82) is 0 Å². The van der Waals surface area contributed by atoms with Crippen molar-refractivity contribution in [2.24, 2.45) is 14.1 Å². The summed E-state index contributed by atoms with van der Waals surface area (Å²) in [6, 6.07) is 5.11. The van der Waals surface area contributed by atoms with Crippen LogP contribution >= 0.6 is 11.8 Å². The molecule has 0 bridgehead atoms. The van der Waals surface area contributed by atoms with Crippen LogP contribution in [-0.2, 0) is 25.4 Å². The van der Waals surface area contributed by atoms with Crippen LogP contribution in [0, 0.1) is 0 Å². The van der Waals surface area contributed by atoms with Crippen molar-refractivity contribution in [2.75, 3.05) is 12.3 Å². The van der Waals surface area contributed by atoms with E-state index in [9.17, 15) is 19.2 Å². The summed E-state index contributed by atoms with van der Waals surface area (Å²) < 4.78 is 8.90. The maximum absolute atomic E-state index is 13.1. The molecule has 2 aromatic heterocycles. The standard InChI is InChI=1S/C21H25N5O5S/c1-6-26-14-9-8-12(19(29)31-7-2)10-13(14)23-20(26)32-11(3)16(27)15-17(22)24(4)21(30)25(5)18(15)28/h8-11H,6-7,22H2,1-5H3/t11-/m1/s1. The molecule has 11 heteroatoms. The Hall–Kier alpha value is -3.34. The third kappa shape index (κ3) is 3.95. The van der Waals surface area contributed by atoms with Crippen molar-refractivity contribution in [3.63, 3.8) is 0 Å². The predicted octanol–water partition coefficient (Wildman–Crippen LogP) is 1.58. The van der Waals surface area contributed by atoms with Gasteiger partial charge in [-0.2, -0.15) is 0 Å². The van der Waals surface area contributed by atoms with Crippen molar-refractivity contribution < 1.29 is 14.3 Å². The molecule has 2 N–H and O–H groups in total. The summed E-state index contributed by atoms with van der Waals surface area (Å²) in [6.45, 7) is 6.19. The highest BCUT2D eigenvalue weighted by Gasteiger charge is 2.27. The topological polar surface area (TPSA) is 131 Å². The maximum Gasteiger partial charge on any atom is 0.338 e. The van der Waals surface area contributed by atoms with Crippen LogP contribution in [0.1, 0.15) is 41.5 Å². The molecule has 0 spiro atoms. The fourth-order valence-corrected chi connectivity index (χ4v) is 4.40. The van der Waals surface area contributed by atoms with E-state index < -0.39 is 28.3 Å². The second kappa shape index (κ2) is 9.03. The van der Waals surface area contributed by atoms with E-state index in [4.69, 9.17) is 10.5 Å². The molecule has 3 rings (SSSR count). The Bertz CT molecular complexity index is 1340. The summed E-state index contributed by atoms with van der Waals surface area (Å²) in [7, 11) is 2.71. The number of rotatable bonds is 7. The SMILES string of the molecule is CCOC(=O)c1ccc2c(c1)nc(S[C@H](C)C(=O)c1c(N)n(C)c(=O)n(C)c1=O)n2CC. The highest BCUT2D eigenvalue weighted by atomic mass is 32.2. The van der Waals surface area contributed by atoms with Crippen LogP contribution in [-0.4, -0.2) is 42.3 Å². The first-order chi connectivity index (χ1) is 15.1. The average molecular weight is 460 g/mol. The Morgan fingerprint density at radius 3 is 2.50 bits per heavy atom. The fraction of sp³-hybridized carbons (Fsp3) is 0.381. The number of nitrogen functional groups attached to an aromatic ring is 1. The number of thioether (sulfide) groups is 1. The van der Waals surface area contributed by atoms with E-state index in [1.165, 1.54) is 25.9 Å². The van der Waals surface area contributed by atoms with E-state index in [2.05, 4.69) is 4.98 Å². The van der Waals surface area contributed by atoms with Crippen LogP contribution in [0.3, 0.4) is 0 Å². The van der Waals surface area contributed by atoms with E-state index in [1.54, 1.807) is 32.0 Å². The molecule has 0 unspecified atom stereocenters. The maximum atomic E-state index is 13.1. The summed E-state index contributed by atoms with van der Waals surface area (Å²) in [6.07, 6.45) is 0. The number of fused-ring (bicyclic) bond motifs is 1. The first kappa shape index (κ1) is 23.3. The largest absolute Gasteiger partial charge is 0.462 e. The van der Waals surface area contributed by atoms with Crippen LogP contribution in [0.2, 0.25) is 0 Å². The summed E-state index contributed by atoms with van der Waals surface area (Å²) in [5.41, 5.74) is 6.16. The average Bonchev–Trinajstić information content (AvgIpc) is 3.12. The number of Topliss-reactive ketones (excluding diaryl/α,β-unsaturated/α-hetero) is 1. The Morgan fingerprint density at radius 1 is 1.19 bits per heavy atom. The molecule has 10 nitrogen and oxygen atoms in total. The van der Waals surface area contributed by atoms with Gasteiger partial charge < -0.3 is 15.0 Å². The molecule has 32 heavy (non-hydrogen) atoms. The number of anilines is 1. The lowest BCUT2D eigenvalue weighted by Gasteiger charge is -2.14. The zero-order valence-electron chi connectivity index (χ0n) is 18.5. The number of benzene rings is 1. The van der Waals surface area contributed by atoms with E-state index in [0.717, 1.165) is 14.7 Å². The smallest absolute Gasteiger partial charge is 0.338 e. The predicted molar refractivity (Wildman–Crippen MR) is 122 cm³/mol. The molecule has 2 heterocycles. The van der Waals surface area contributed by atoms with Crippen LogP contribution in [0.5, 0.6) is 0 Å². The number of carbonyl (C=O) groups excluding carboxylic acids is 2. The molecule has 0 saturated heterocycles. The number of esters is 1. The minimum Gasteiger partial charge on any atom is -0.462 e. The zero-order chi connectivity index (χ0) is 23.7. The van der Waals surface area contributed by atoms with E-state index in [0.29, 0.717) is 22.8 Å². The number of aryl methyl sites for hydroxylation is 1. The van der Waals surface area contributed by atoms with E-state index in [-0.39, 0.29) is 18.0 Å². The minimum absolute atomic E-state index is 0.168. The lowest BCUT2D eigenvalue weighted by Crippen LogP contribution is -2.42. The van der Waals surface area contributed by atoms with Crippen LogP contribution in [0.4, 0.5) is 5.82 Å². The number of ether oxygens (including phenoxy) is 1. The lowest BCUT2D eigenvalue weighted by molar-refractivity contribution is 0.0526. The molecule has 0 aliphatic rings. The molecule has 0 aliphatic carbocycles. The normalized spacial score (nSPS) is 12.2. The molecule has 1 atom stereocenters. The number of imidazole rings is 1. The second-order valence-corrected chi connectivity index (χ2v) is 8.46. The van der Waals surface area contributed by atoms with Gasteiger partial charge in [0.1, 0.15) is 11.4 Å². The van der Waals surface area contributed by atoms with Crippen LogP contribution < -0.4 is 17.0 Å². The quantitative estimate of drug-likeness (QED) is 0.320. The molecular formula is C21H25N5O5S. The Morgan fingerprint density at radius 2 is 1.88 bits per heavy atom. The summed E-state index contributed by atoms with van der Waals surface area (Å²) >= 11 is 1.18. The molecule has 0 amide bonds. The first-order valence-electron chi connectivity index (χ1n) is 10.1. The van der Waals surface area contributed by atoms with Crippen LogP contribution in [0.15, 0.2) is 32.9 Å². The highest BCUT2D eigenvalue weighted by molar-refractivity contribution is 8.00. The summed E-state index contributed by atoms with van der Waals surface area (Å²) in [5, 5.41) is -0.140. The van der Waals surface area contributed by atoms with Gasteiger partial charge in [-0.25, -0.2) is 14.6 Å². The number of nitrogens with two attached hydrogens (primary N) is 1. The van der Waals surface area contributed by atoms with Gasteiger partial charge in [-0.1, -0.05) is 11.8 Å². The number of nitrogens with zero attached hydrogens (tertiary/aromatic N) is 4. The molecule has 0 saturated carbocycles. The first-order valence-corrected chi connectivity index (χ1v) is 10.9. The summed E-state index contributed by atoms with van der Waals surface area (Å²) in [4.78, 5) is 54.3.